The number of carbonyl (C=O) groups is 1. The lowest BCUT2D eigenvalue weighted by atomic mass is 10.0. The van der Waals surface area contributed by atoms with E-state index in [4.69, 9.17) is 18.9 Å². The fourth-order valence-corrected chi connectivity index (χ4v) is 2.25. The lowest BCUT2D eigenvalue weighted by molar-refractivity contribution is -0.132. The molecule has 0 aromatic carbocycles. The van der Waals surface area contributed by atoms with Gasteiger partial charge in [0.25, 0.3) is 0 Å². The Bertz CT molecular complexity index is 334. The number of unbranched alkanes of at least 4 members (excludes halogenated alkanes) is 1. The van der Waals surface area contributed by atoms with E-state index < -0.39 is 5.54 Å². The number of amides is 1. The predicted molar refractivity (Wildman–Crippen MR) is 116 cm³/mol. The number of ether oxygens (including phenoxy) is 4. The molecule has 0 aliphatic rings. The normalized spacial score (nSPS) is 11.5. The Morgan fingerprint density at radius 1 is 0.857 bits per heavy atom. The van der Waals surface area contributed by atoms with E-state index >= 15 is 0 Å². The first-order valence-electron chi connectivity index (χ1n) is 11.0. The van der Waals surface area contributed by atoms with Crippen LogP contribution >= 0.6 is 0 Å². The summed E-state index contributed by atoms with van der Waals surface area (Å²) in [5.74, 6) is 0.677. The molecule has 6 nitrogen and oxygen atoms in total. The second-order valence-corrected chi connectivity index (χ2v) is 7.69. The van der Waals surface area contributed by atoms with Crippen LogP contribution in [-0.4, -0.2) is 64.3 Å². The molecule has 0 unspecified atom stereocenters. The molecule has 6 heteroatoms. The van der Waals surface area contributed by atoms with Crippen molar-refractivity contribution < 1.29 is 23.7 Å². The minimum atomic E-state index is -0.703. The molecule has 0 aliphatic carbocycles. The zero-order valence-electron chi connectivity index (χ0n) is 19.8. The van der Waals surface area contributed by atoms with Crippen LogP contribution in [0, 0.1) is 11.8 Å². The van der Waals surface area contributed by atoms with Crippen LogP contribution in [0.2, 0.25) is 0 Å². The van der Waals surface area contributed by atoms with Crippen molar-refractivity contribution in [2.45, 2.75) is 73.8 Å². The molecule has 0 fully saturated rings. The second-order valence-electron chi connectivity index (χ2n) is 7.69. The maximum absolute atomic E-state index is 12.4. The molecule has 0 bridgehead atoms. The third-order valence-corrected chi connectivity index (χ3v) is 3.52. The van der Waals surface area contributed by atoms with Gasteiger partial charge in [-0.2, -0.15) is 0 Å². The molecule has 0 aliphatic heterocycles. The molecule has 0 atom stereocenters. The minimum absolute atomic E-state index is 0.0439. The Kier molecular flexibility index (Phi) is 20.7. The second kappa shape index (κ2) is 19.6. The summed E-state index contributed by atoms with van der Waals surface area (Å²) in [4.78, 5) is 12.4. The van der Waals surface area contributed by atoms with Crippen molar-refractivity contribution in [2.24, 2.45) is 11.8 Å². The fourth-order valence-electron chi connectivity index (χ4n) is 2.25. The van der Waals surface area contributed by atoms with Gasteiger partial charge in [0.15, 0.2) is 0 Å². The van der Waals surface area contributed by atoms with Gasteiger partial charge < -0.3 is 24.3 Å². The summed E-state index contributed by atoms with van der Waals surface area (Å²) >= 11 is 0. The smallest absolute Gasteiger partial charge is 0.246 e. The molecular weight excluding hydrogens is 358 g/mol. The lowest BCUT2D eigenvalue weighted by Crippen LogP contribution is -2.59. The molecule has 0 saturated carbocycles. The van der Waals surface area contributed by atoms with Gasteiger partial charge in [0.2, 0.25) is 5.91 Å². The molecule has 170 valence electrons. The van der Waals surface area contributed by atoms with E-state index in [1.165, 1.54) is 0 Å². The summed E-state index contributed by atoms with van der Waals surface area (Å²) in [5.41, 5.74) is -0.703. The number of nitrogens with one attached hydrogen (secondary N) is 1. The van der Waals surface area contributed by atoms with Gasteiger partial charge in [0.1, 0.15) is 12.1 Å². The third kappa shape index (κ3) is 17.4. The van der Waals surface area contributed by atoms with Crippen molar-refractivity contribution in [3.63, 3.8) is 0 Å². The number of hydrogen-bond donors (Lipinski definition) is 1. The molecule has 0 radical (unpaired) electrons. The van der Waals surface area contributed by atoms with E-state index in [0.29, 0.717) is 58.1 Å². The van der Waals surface area contributed by atoms with Gasteiger partial charge in [0, 0.05) is 26.4 Å². The van der Waals surface area contributed by atoms with Gasteiger partial charge in [-0.1, -0.05) is 54.9 Å². The van der Waals surface area contributed by atoms with Crippen LogP contribution in [0.5, 0.6) is 0 Å². The zero-order chi connectivity index (χ0) is 21.8. The Morgan fingerprint density at radius 3 is 1.79 bits per heavy atom. The molecule has 0 aromatic heterocycles. The lowest BCUT2D eigenvalue weighted by Gasteiger charge is -2.34. The molecule has 0 aromatic rings. The molecule has 0 saturated heterocycles. The van der Waals surface area contributed by atoms with Crippen molar-refractivity contribution in [2.75, 3.05) is 52.9 Å². The highest BCUT2D eigenvalue weighted by molar-refractivity contribution is 5.78. The Balaban J connectivity index is 0. The van der Waals surface area contributed by atoms with E-state index in [2.05, 4.69) is 39.9 Å². The van der Waals surface area contributed by atoms with E-state index in [0.717, 1.165) is 12.8 Å². The van der Waals surface area contributed by atoms with E-state index in [9.17, 15) is 4.79 Å². The van der Waals surface area contributed by atoms with Gasteiger partial charge in [-0.3, -0.25) is 4.79 Å². The molecule has 0 heterocycles. The molecule has 1 amide bonds. The van der Waals surface area contributed by atoms with E-state index in [1.807, 2.05) is 20.8 Å². The first kappa shape index (κ1) is 29.5. The standard InChI is InChI=1S/C20H41NO5.C2H6/c1-7-9-10-24-13-19(22)21-20(14-23-8-2,15-25-11-17(3)4)16-26-12-18(5)6;1-2/h17-18H,7-16H2,1-6H3,(H,21,22);1-2H3. The minimum Gasteiger partial charge on any atom is -0.379 e. The topological polar surface area (TPSA) is 66.0 Å². The predicted octanol–water partition coefficient (Wildman–Crippen LogP) is 4.07. The average molecular weight is 406 g/mol. The van der Waals surface area contributed by atoms with Gasteiger partial charge in [0.05, 0.1) is 19.8 Å². The molecular formula is C22H47NO5. The third-order valence-electron chi connectivity index (χ3n) is 3.52. The van der Waals surface area contributed by atoms with E-state index in [1.54, 1.807) is 0 Å². The maximum Gasteiger partial charge on any atom is 0.246 e. The van der Waals surface area contributed by atoms with Crippen LogP contribution in [0.25, 0.3) is 0 Å². The Labute approximate surface area is 174 Å². The van der Waals surface area contributed by atoms with Gasteiger partial charge in [-0.05, 0) is 25.2 Å². The summed E-state index contributed by atoms with van der Waals surface area (Å²) in [6, 6.07) is 0. The summed E-state index contributed by atoms with van der Waals surface area (Å²) < 4.78 is 22.8. The van der Waals surface area contributed by atoms with Crippen molar-refractivity contribution in [1.82, 2.24) is 5.32 Å². The SMILES string of the molecule is CC.CCCCOCC(=O)NC(COCC)(COCC(C)C)COCC(C)C. The fraction of sp³-hybridized carbons (Fsp3) is 0.955. The van der Waals surface area contributed by atoms with Crippen LogP contribution in [0.4, 0.5) is 0 Å². The average Bonchev–Trinajstić information content (AvgIpc) is 2.64. The Hall–Kier alpha value is -0.690. The highest BCUT2D eigenvalue weighted by Gasteiger charge is 2.33. The monoisotopic (exact) mass is 405 g/mol. The maximum atomic E-state index is 12.4. The first-order chi connectivity index (χ1) is 13.3. The Morgan fingerprint density at radius 2 is 1.36 bits per heavy atom. The first-order valence-corrected chi connectivity index (χ1v) is 11.0. The largest absolute Gasteiger partial charge is 0.379 e. The molecule has 0 rings (SSSR count). The van der Waals surface area contributed by atoms with Crippen LogP contribution in [0.3, 0.4) is 0 Å². The van der Waals surface area contributed by atoms with Crippen LogP contribution in [-0.2, 0) is 23.7 Å². The molecule has 28 heavy (non-hydrogen) atoms. The highest BCUT2D eigenvalue weighted by Crippen LogP contribution is 2.11. The van der Waals surface area contributed by atoms with Crippen LogP contribution < -0.4 is 5.32 Å². The van der Waals surface area contributed by atoms with Crippen molar-refractivity contribution in [3.05, 3.63) is 0 Å². The number of rotatable bonds is 17. The number of carbonyl (C=O) groups excluding carboxylic acids is 1. The van der Waals surface area contributed by atoms with Crippen molar-refractivity contribution in [3.8, 4) is 0 Å². The molecule has 0 spiro atoms. The quantitative estimate of drug-likeness (QED) is 0.370. The highest BCUT2D eigenvalue weighted by atomic mass is 16.5. The summed E-state index contributed by atoms with van der Waals surface area (Å²) in [7, 11) is 0. The summed E-state index contributed by atoms with van der Waals surface area (Å²) in [5, 5.41) is 3.05. The summed E-state index contributed by atoms with van der Waals surface area (Å²) in [6.45, 7) is 19.9. The van der Waals surface area contributed by atoms with Gasteiger partial charge in [-0.15, -0.1) is 0 Å². The van der Waals surface area contributed by atoms with E-state index in [-0.39, 0.29) is 12.5 Å². The molecule has 1 N–H and O–H groups in total. The number of hydrogen-bond acceptors (Lipinski definition) is 5. The summed E-state index contributed by atoms with van der Waals surface area (Å²) in [6.07, 6.45) is 1.99. The van der Waals surface area contributed by atoms with Crippen molar-refractivity contribution >= 4 is 5.91 Å². The zero-order valence-corrected chi connectivity index (χ0v) is 19.8. The van der Waals surface area contributed by atoms with Gasteiger partial charge in [-0.25, -0.2) is 0 Å². The van der Waals surface area contributed by atoms with Crippen LogP contribution in [0.1, 0.15) is 68.2 Å². The van der Waals surface area contributed by atoms with Crippen LogP contribution in [0.15, 0.2) is 0 Å². The van der Waals surface area contributed by atoms with Crippen molar-refractivity contribution in [1.29, 1.82) is 0 Å². The van der Waals surface area contributed by atoms with Gasteiger partial charge >= 0.3 is 0 Å².